The Morgan fingerprint density at radius 1 is 1.43 bits per heavy atom. The number of nitrogens with one attached hydrogen (secondary N) is 2. The van der Waals surface area contributed by atoms with Crippen LogP contribution in [0.1, 0.15) is 18.4 Å². The molecule has 0 aliphatic carbocycles. The number of likely N-dealkylation sites (N-methyl/N-ethyl adjacent to an activating group) is 1. The molecular formula is C15H19ClF3N3O. The molecule has 1 heterocycles. The average molecular weight is 350 g/mol. The summed E-state index contributed by atoms with van der Waals surface area (Å²) in [5.74, 6) is -0.463. The van der Waals surface area contributed by atoms with Crippen LogP contribution in [-0.4, -0.2) is 43.5 Å². The Kier molecular flexibility index (Phi) is 5.89. The number of alkyl halides is 3. The van der Waals surface area contributed by atoms with Crippen LogP contribution in [0.5, 0.6) is 0 Å². The van der Waals surface area contributed by atoms with E-state index < -0.39 is 17.6 Å². The lowest BCUT2D eigenvalue weighted by Gasteiger charge is -2.32. The van der Waals surface area contributed by atoms with Crippen molar-refractivity contribution in [2.75, 3.05) is 32.0 Å². The summed E-state index contributed by atoms with van der Waals surface area (Å²) in [7, 11) is 1.86. The summed E-state index contributed by atoms with van der Waals surface area (Å²) in [5.41, 5.74) is -1.21. The highest BCUT2D eigenvalue weighted by molar-refractivity contribution is 6.30. The summed E-state index contributed by atoms with van der Waals surface area (Å²) < 4.78 is 39.0. The van der Waals surface area contributed by atoms with Crippen molar-refractivity contribution in [3.63, 3.8) is 0 Å². The van der Waals surface area contributed by atoms with Gasteiger partial charge < -0.3 is 10.6 Å². The number of hydrogen-bond acceptors (Lipinski definition) is 3. The predicted molar refractivity (Wildman–Crippen MR) is 83.6 cm³/mol. The molecule has 8 heteroatoms. The van der Waals surface area contributed by atoms with Crippen molar-refractivity contribution < 1.29 is 18.0 Å². The number of halogens is 4. The fraction of sp³-hybridized carbons (Fsp3) is 0.533. The number of carbonyl (C=O) groups excluding carboxylic acids is 1. The highest BCUT2D eigenvalue weighted by Gasteiger charge is 2.34. The van der Waals surface area contributed by atoms with Crippen LogP contribution in [0.25, 0.3) is 0 Å². The maximum Gasteiger partial charge on any atom is 0.418 e. The third-order valence-corrected chi connectivity index (χ3v) is 4.08. The van der Waals surface area contributed by atoms with E-state index in [4.69, 9.17) is 11.6 Å². The molecule has 4 nitrogen and oxygen atoms in total. The number of rotatable bonds is 4. The SMILES string of the molecule is CNC1CCCN(CC(=O)Nc2ccc(Cl)cc2C(F)(F)F)C1. The number of likely N-dealkylation sites (tertiary alicyclic amines) is 1. The standard InChI is InChI=1S/C15H19ClF3N3O/c1-20-11-3-2-6-22(8-11)9-14(23)21-13-5-4-10(16)7-12(13)15(17,18)19/h4-5,7,11,20H,2-3,6,8-9H2,1H3,(H,21,23). The first-order valence-electron chi connectivity index (χ1n) is 7.36. The van der Waals surface area contributed by atoms with E-state index in [1.807, 2.05) is 11.9 Å². The first-order chi connectivity index (χ1) is 10.8. The summed E-state index contributed by atoms with van der Waals surface area (Å²) in [6.45, 7) is 1.53. The molecule has 1 aliphatic rings. The molecule has 1 atom stereocenters. The van der Waals surface area contributed by atoms with E-state index in [9.17, 15) is 18.0 Å². The molecule has 1 amide bonds. The molecule has 1 saturated heterocycles. The largest absolute Gasteiger partial charge is 0.418 e. The minimum absolute atomic E-state index is 0.0248. The third kappa shape index (κ3) is 5.09. The van der Waals surface area contributed by atoms with Gasteiger partial charge in [0.05, 0.1) is 17.8 Å². The Hall–Kier alpha value is -1.31. The van der Waals surface area contributed by atoms with Crippen LogP contribution in [-0.2, 0) is 11.0 Å². The molecule has 1 aliphatic heterocycles. The van der Waals surface area contributed by atoms with Crippen molar-refractivity contribution in [1.82, 2.24) is 10.2 Å². The molecule has 2 rings (SSSR count). The minimum Gasteiger partial charge on any atom is -0.324 e. The lowest BCUT2D eigenvalue weighted by Crippen LogP contribution is -2.47. The quantitative estimate of drug-likeness (QED) is 0.878. The summed E-state index contributed by atoms with van der Waals surface area (Å²) >= 11 is 5.62. The Morgan fingerprint density at radius 2 is 2.17 bits per heavy atom. The normalized spacial score (nSPS) is 19.6. The van der Waals surface area contributed by atoms with Gasteiger partial charge in [0.2, 0.25) is 5.91 Å². The third-order valence-electron chi connectivity index (χ3n) is 3.84. The van der Waals surface area contributed by atoms with Gasteiger partial charge in [-0.2, -0.15) is 13.2 Å². The molecule has 0 saturated carbocycles. The maximum absolute atomic E-state index is 13.0. The zero-order valence-corrected chi connectivity index (χ0v) is 13.5. The molecule has 128 valence electrons. The van der Waals surface area contributed by atoms with Gasteiger partial charge in [0.15, 0.2) is 0 Å². The Morgan fingerprint density at radius 3 is 2.83 bits per heavy atom. The van der Waals surface area contributed by atoms with E-state index in [2.05, 4.69) is 10.6 Å². The van der Waals surface area contributed by atoms with Crippen molar-refractivity contribution in [3.8, 4) is 0 Å². The molecule has 0 radical (unpaired) electrons. The monoisotopic (exact) mass is 349 g/mol. The van der Waals surface area contributed by atoms with Crippen LogP contribution >= 0.6 is 11.6 Å². The van der Waals surface area contributed by atoms with Crippen LogP contribution in [0.15, 0.2) is 18.2 Å². The highest BCUT2D eigenvalue weighted by Crippen LogP contribution is 2.36. The Labute approximate surface area is 138 Å². The van der Waals surface area contributed by atoms with Crippen LogP contribution in [0.2, 0.25) is 5.02 Å². The Bertz CT molecular complexity index is 565. The molecule has 1 fully saturated rings. The van der Waals surface area contributed by atoms with Crippen molar-refractivity contribution in [3.05, 3.63) is 28.8 Å². The van der Waals surface area contributed by atoms with Crippen LogP contribution in [0, 0.1) is 0 Å². The number of amides is 1. The lowest BCUT2D eigenvalue weighted by atomic mass is 10.1. The lowest BCUT2D eigenvalue weighted by molar-refractivity contribution is -0.137. The van der Waals surface area contributed by atoms with Gasteiger partial charge in [-0.05, 0) is 44.6 Å². The molecule has 2 N–H and O–H groups in total. The number of nitrogens with zero attached hydrogens (tertiary/aromatic N) is 1. The van der Waals surface area contributed by atoms with E-state index in [1.54, 1.807) is 0 Å². The minimum atomic E-state index is -4.57. The topological polar surface area (TPSA) is 44.4 Å². The van der Waals surface area contributed by atoms with Gasteiger partial charge >= 0.3 is 6.18 Å². The molecule has 1 aromatic rings. The molecule has 1 aromatic carbocycles. The van der Waals surface area contributed by atoms with Crippen molar-refractivity contribution >= 4 is 23.2 Å². The number of anilines is 1. The Balaban J connectivity index is 2.03. The number of hydrogen-bond donors (Lipinski definition) is 2. The van der Waals surface area contributed by atoms with E-state index >= 15 is 0 Å². The first kappa shape index (κ1) is 18.0. The van der Waals surface area contributed by atoms with Crippen molar-refractivity contribution in [2.45, 2.75) is 25.1 Å². The average Bonchev–Trinajstić information content (AvgIpc) is 2.48. The highest BCUT2D eigenvalue weighted by atomic mass is 35.5. The summed E-state index contributed by atoms with van der Waals surface area (Å²) in [6, 6.07) is 3.62. The van der Waals surface area contributed by atoms with Gasteiger partial charge in [0, 0.05) is 17.6 Å². The van der Waals surface area contributed by atoms with Gasteiger partial charge in [-0.1, -0.05) is 11.6 Å². The first-order valence-corrected chi connectivity index (χ1v) is 7.73. The molecular weight excluding hydrogens is 331 g/mol. The fourth-order valence-corrected chi connectivity index (χ4v) is 2.86. The van der Waals surface area contributed by atoms with Gasteiger partial charge in [-0.25, -0.2) is 0 Å². The second-order valence-electron chi connectivity index (χ2n) is 5.60. The number of benzene rings is 1. The van der Waals surface area contributed by atoms with E-state index in [1.165, 1.54) is 12.1 Å². The van der Waals surface area contributed by atoms with Gasteiger partial charge in [0.25, 0.3) is 0 Å². The summed E-state index contributed by atoms with van der Waals surface area (Å²) in [4.78, 5) is 14.0. The van der Waals surface area contributed by atoms with Gasteiger partial charge in [0.1, 0.15) is 0 Å². The zero-order chi connectivity index (χ0) is 17.0. The summed E-state index contributed by atoms with van der Waals surface area (Å²) in [5, 5.41) is 5.48. The number of carbonyl (C=O) groups is 1. The second kappa shape index (κ2) is 7.51. The van der Waals surface area contributed by atoms with E-state index in [-0.39, 0.29) is 17.3 Å². The molecule has 0 spiro atoms. The van der Waals surface area contributed by atoms with E-state index in [0.29, 0.717) is 12.6 Å². The summed E-state index contributed by atoms with van der Waals surface area (Å²) in [6.07, 6.45) is -2.59. The fourth-order valence-electron chi connectivity index (χ4n) is 2.69. The number of piperidine rings is 1. The maximum atomic E-state index is 13.0. The molecule has 0 bridgehead atoms. The smallest absolute Gasteiger partial charge is 0.324 e. The van der Waals surface area contributed by atoms with Crippen molar-refractivity contribution in [1.29, 1.82) is 0 Å². The predicted octanol–water partition coefficient (Wildman–Crippen LogP) is 2.98. The van der Waals surface area contributed by atoms with E-state index in [0.717, 1.165) is 25.5 Å². The van der Waals surface area contributed by atoms with Crippen molar-refractivity contribution in [2.24, 2.45) is 0 Å². The molecule has 1 unspecified atom stereocenters. The molecule has 23 heavy (non-hydrogen) atoms. The second-order valence-corrected chi connectivity index (χ2v) is 6.04. The van der Waals surface area contributed by atoms with Crippen LogP contribution in [0.3, 0.4) is 0 Å². The van der Waals surface area contributed by atoms with Crippen LogP contribution in [0.4, 0.5) is 18.9 Å². The molecule has 0 aromatic heterocycles. The zero-order valence-electron chi connectivity index (χ0n) is 12.7. The van der Waals surface area contributed by atoms with Gasteiger partial charge in [-0.15, -0.1) is 0 Å². The van der Waals surface area contributed by atoms with Gasteiger partial charge in [-0.3, -0.25) is 9.69 Å². The van der Waals surface area contributed by atoms with Crippen LogP contribution < -0.4 is 10.6 Å².